The van der Waals surface area contributed by atoms with E-state index in [1.807, 2.05) is 30.3 Å². The fourth-order valence-corrected chi connectivity index (χ4v) is 2.28. The van der Waals surface area contributed by atoms with Crippen LogP contribution in [0.15, 0.2) is 54.6 Å². The van der Waals surface area contributed by atoms with Gasteiger partial charge in [0.15, 0.2) is 0 Å². The summed E-state index contributed by atoms with van der Waals surface area (Å²) in [5.41, 5.74) is 1.95. The van der Waals surface area contributed by atoms with Crippen molar-refractivity contribution in [2.75, 3.05) is 13.6 Å². The standard InChI is InChI=1S/C19H21FN2O2/c1-22(14-16-5-3-2-4-6-16)19(24)13-18(23)21-12-11-15-7-9-17(20)10-8-15/h2-10H,11-14H2,1H3,(H,21,23). The maximum Gasteiger partial charge on any atom is 0.232 e. The zero-order chi connectivity index (χ0) is 17.4. The molecule has 0 fully saturated rings. The summed E-state index contributed by atoms with van der Waals surface area (Å²) in [6, 6.07) is 15.8. The number of halogens is 1. The molecule has 2 aromatic carbocycles. The Morgan fingerprint density at radius 1 is 1.00 bits per heavy atom. The van der Waals surface area contributed by atoms with Crippen molar-refractivity contribution < 1.29 is 14.0 Å². The maximum atomic E-state index is 12.8. The Labute approximate surface area is 141 Å². The summed E-state index contributed by atoms with van der Waals surface area (Å²) in [6.45, 7) is 0.892. The lowest BCUT2D eigenvalue weighted by Gasteiger charge is -2.17. The molecular weight excluding hydrogens is 307 g/mol. The Morgan fingerprint density at radius 3 is 2.33 bits per heavy atom. The molecule has 2 rings (SSSR count). The summed E-state index contributed by atoms with van der Waals surface area (Å²) in [5, 5.41) is 2.72. The van der Waals surface area contributed by atoms with Crippen molar-refractivity contribution >= 4 is 11.8 Å². The largest absolute Gasteiger partial charge is 0.355 e. The van der Waals surface area contributed by atoms with E-state index in [0.717, 1.165) is 11.1 Å². The monoisotopic (exact) mass is 328 g/mol. The predicted molar refractivity (Wildman–Crippen MR) is 90.6 cm³/mol. The Hall–Kier alpha value is -2.69. The molecule has 2 amide bonds. The van der Waals surface area contributed by atoms with E-state index < -0.39 is 0 Å². The van der Waals surface area contributed by atoms with E-state index in [1.165, 1.54) is 17.0 Å². The number of hydrogen-bond donors (Lipinski definition) is 1. The minimum atomic E-state index is -0.304. The number of amides is 2. The summed E-state index contributed by atoms with van der Waals surface area (Å²) in [4.78, 5) is 25.4. The Morgan fingerprint density at radius 2 is 1.67 bits per heavy atom. The summed E-state index contributed by atoms with van der Waals surface area (Å²) >= 11 is 0. The third-order valence-electron chi connectivity index (χ3n) is 3.65. The van der Waals surface area contributed by atoms with E-state index in [0.29, 0.717) is 19.5 Å². The average molecular weight is 328 g/mol. The van der Waals surface area contributed by atoms with Crippen LogP contribution in [0.4, 0.5) is 4.39 Å². The second-order valence-corrected chi connectivity index (χ2v) is 5.64. The SMILES string of the molecule is CN(Cc1ccccc1)C(=O)CC(=O)NCCc1ccc(F)cc1. The van der Waals surface area contributed by atoms with E-state index in [-0.39, 0.29) is 24.1 Å². The minimum Gasteiger partial charge on any atom is -0.355 e. The second-order valence-electron chi connectivity index (χ2n) is 5.64. The summed E-state index contributed by atoms with van der Waals surface area (Å²) in [5.74, 6) is -0.810. The number of carbonyl (C=O) groups excluding carboxylic acids is 2. The summed E-state index contributed by atoms with van der Waals surface area (Å²) in [6.07, 6.45) is 0.423. The first-order chi connectivity index (χ1) is 11.5. The quantitative estimate of drug-likeness (QED) is 0.794. The third kappa shape index (κ3) is 5.83. The van der Waals surface area contributed by atoms with Crippen molar-refractivity contribution in [3.8, 4) is 0 Å². The highest BCUT2D eigenvalue weighted by atomic mass is 19.1. The van der Waals surface area contributed by atoms with Crippen LogP contribution >= 0.6 is 0 Å². The fourth-order valence-electron chi connectivity index (χ4n) is 2.28. The van der Waals surface area contributed by atoms with Gasteiger partial charge >= 0.3 is 0 Å². The molecule has 4 nitrogen and oxygen atoms in total. The molecule has 0 aromatic heterocycles. The van der Waals surface area contributed by atoms with E-state index >= 15 is 0 Å². The van der Waals surface area contributed by atoms with Crippen LogP contribution in [0.2, 0.25) is 0 Å². The Kier molecular flexibility index (Phi) is 6.49. The zero-order valence-corrected chi connectivity index (χ0v) is 13.7. The van der Waals surface area contributed by atoms with E-state index in [4.69, 9.17) is 0 Å². The van der Waals surface area contributed by atoms with Gasteiger partial charge in [-0.1, -0.05) is 42.5 Å². The van der Waals surface area contributed by atoms with Crippen LogP contribution in [0.1, 0.15) is 17.5 Å². The van der Waals surface area contributed by atoms with E-state index in [1.54, 1.807) is 19.2 Å². The van der Waals surface area contributed by atoms with Gasteiger partial charge in [-0.05, 0) is 29.7 Å². The number of nitrogens with one attached hydrogen (secondary N) is 1. The molecule has 0 heterocycles. The van der Waals surface area contributed by atoms with Gasteiger partial charge in [0.2, 0.25) is 11.8 Å². The molecular formula is C19H21FN2O2. The normalized spacial score (nSPS) is 10.2. The van der Waals surface area contributed by atoms with Crippen LogP contribution in [0.25, 0.3) is 0 Å². The minimum absolute atomic E-state index is 0.174. The van der Waals surface area contributed by atoms with Crippen molar-refractivity contribution in [1.29, 1.82) is 0 Å². The lowest BCUT2D eigenvalue weighted by Crippen LogP contribution is -2.33. The van der Waals surface area contributed by atoms with Gasteiger partial charge in [-0.2, -0.15) is 0 Å². The topological polar surface area (TPSA) is 49.4 Å². The second kappa shape index (κ2) is 8.82. The van der Waals surface area contributed by atoms with Crippen LogP contribution in [0, 0.1) is 5.82 Å². The molecule has 0 aliphatic heterocycles. The molecule has 0 aliphatic rings. The number of benzene rings is 2. The first-order valence-electron chi connectivity index (χ1n) is 7.83. The molecule has 0 unspecified atom stereocenters. The van der Waals surface area contributed by atoms with E-state index in [9.17, 15) is 14.0 Å². The molecule has 5 heteroatoms. The van der Waals surface area contributed by atoms with Gasteiger partial charge in [-0.3, -0.25) is 9.59 Å². The predicted octanol–water partition coefficient (Wildman–Crippen LogP) is 2.53. The van der Waals surface area contributed by atoms with Crippen molar-refractivity contribution in [3.63, 3.8) is 0 Å². The van der Waals surface area contributed by atoms with Crippen LogP contribution in [-0.4, -0.2) is 30.3 Å². The van der Waals surface area contributed by atoms with Crippen molar-refractivity contribution in [3.05, 3.63) is 71.5 Å². The van der Waals surface area contributed by atoms with Crippen molar-refractivity contribution in [2.45, 2.75) is 19.4 Å². The molecule has 2 aromatic rings. The highest BCUT2D eigenvalue weighted by Crippen LogP contribution is 2.05. The molecule has 0 radical (unpaired) electrons. The summed E-state index contributed by atoms with van der Waals surface area (Å²) < 4.78 is 12.8. The Bertz CT molecular complexity index is 672. The van der Waals surface area contributed by atoms with Gasteiger partial charge in [-0.15, -0.1) is 0 Å². The number of rotatable bonds is 7. The van der Waals surface area contributed by atoms with Crippen LogP contribution in [-0.2, 0) is 22.6 Å². The number of hydrogen-bond acceptors (Lipinski definition) is 2. The third-order valence-corrected chi connectivity index (χ3v) is 3.65. The van der Waals surface area contributed by atoms with Gasteiger partial charge in [0.1, 0.15) is 12.2 Å². The molecule has 0 bridgehead atoms. The van der Waals surface area contributed by atoms with Crippen LogP contribution < -0.4 is 5.32 Å². The first-order valence-corrected chi connectivity index (χ1v) is 7.83. The highest BCUT2D eigenvalue weighted by molar-refractivity contribution is 5.96. The smallest absolute Gasteiger partial charge is 0.232 e. The van der Waals surface area contributed by atoms with Gasteiger partial charge in [0.25, 0.3) is 0 Å². The molecule has 126 valence electrons. The molecule has 24 heavy (non-hydrogen) atoms. The Balaban J connectivity index is 1.71. The molecule has 0 aliphatic carbocycles. The molecule has 0 saturated carbocycles. The van der Waals surface area contributed by atoms with E-state index in [2.05, 4.69) is 5.32 Å². The van der Waals surface area contributed by atoms with Crippen LogP contribution in [0.5, 0.6) is 0 Å². The van der Waals surface area contributed by atoms with Gasteiger partial charge in [0.05, 0.1) is 0 Å². The summed E-state index contributed by atoms with van der Waals surface area (Å²) in [7, 11) is 1.68. The van der Waals surface area contributed by atoms with Crippen molar-refractivity contribution in [2.24, 2.45) is 0 Å². The molecule has 0 spiro atoms. The highest BCUT2D eigenvalue weighted by Gasteiger charge is 2.13. The zero-order valence-electron chi connectivity index (χ0n) is 13.7. The average Bonchev–Trinajstić information content (AvgIpc) is 2.57. The number of carbonyl (C=O) groups is 2. The molecule has 0 saturated heterocycles. The molecule has 1 N–H and O–H groups in total. The molecule has 0 atom stereocenters. The lowest BCUT2D eigenvalue weighted by molar-refractivity contribution is -0.135. The van der Waals surface area contributed by atoms with Gasteiger partial charge in [0, 0.05) is 20.1 Å². The number of nitrogens with zero attached hydrogens (tertiary/aromatic N) is 1. The van der Waals surface area contributed by atoms with Crippen molar-refractivity contribution in [1.82, 2.24) is 10.2 Å². The van der Waals surface area contributed by atoms with Gasteiger partial charge < -0.3 is 10.2 Å². The van der Waals surface area contributed by atoms with Crippen LogP contribution in [0.3, 0.4) is 0 Å². The maximum absolute atomic E-state index is 12.8. The fraction of sp³-hybridized carbons (Fsp3) is 0.263. The first kappa shape index (κ1) is 17.7. The van der Waals surface area contributed by atoms with Gasteiger partial charge in [-0.25, -0.2) is 4.39 Å². The lowest BCUT2D eigenvalue weighted by atomic mass is 10.1.